The molecule has 8 heteroatoms. The average Bonchev–Trinajstić information content (AvgIpc) is 2.78. The molecule has 1 fully saturated rings. The molecular weight excluding hydrogens is 384 g/mol. The third-order valence-electron chi connectivity index (χ3n) is 5.19. The van der Waals surface area contributed by atoms with Crippen LogP contribution in [0.4, 0.5) is 11.4 Å². The number of amides is 2. The summed E-state index contributed by atoms with van der Waals surface area (Å²) in [7, 11) is 0. The van der Waals surface area contributed by atoms with Gasteiger partial charge in [0.1, 0.15) is 5.56 Å². The van der Waals surface area contributed by atoms with Crippen LogP contribution in [0.5, 0.6) is 0 Å². The van der Waals surface area contributed by atoms with Crippen molar-refractivity contribution in [3.8, 4) is 0 Å². The lowest BCUT2D eigenvalue weighted by molar-refractivity contribution is -0.385. The van der Waals surface area contributed by atoms with Crippen molar-refractivity contribution in [3.63, 3.8) is 0 Å². The molecule has 0 radical (unpaired) electrons. The van der Waals surface area contributed by atoms with Crippen LogP contribution in [-0.2, 0) is 4.79 Å². The number of carbonyl (C=O) groups excluding carboxylic acids is 2. The third kappa shape index (κ3) is 5.28. The Hall–Kier alpha value is -3.55. The number of nitrogens with zero attached hydrogens (tertiary/aromatic N) is 2. The van der Waals surface area contributed by atoms with Gasteiger partial charge in [-0.2, -0.15) is 5.10 Å². The van der Waals surface area contributed by atoms with Gasteiger partial charge in [-0.3, -0.25) is 19.7 Å². The van der Waals surface area contributed by atoms with Gasteiger partial charge in [0, 0.05) is 17.7 Å². The molecule has 156 valence electrons. The summed E-state index contributed by atoms with van der Waals surface area (Å²) >= 11 is 0. The van der Waals surface area contributed by atoms with E-state index < -0.39 is 10.8 Å². The summed E-state index contributed by atoms with van der Waals surface area (Å²) in [5.41, 5.74) is 3.92. The van der Waals surface area contributed by atoms with Gasteiger partial charge in [0.25, 0.3) is 11.6 Å². The normalized spacial score (nSPS) is 14.8. The molecule has 30 heavy (non-hydrogen) atoms. The van der Waals surface area contributed by atoms with Crippen LogP contribution in [-0.4, -0.2) is 22.4 Å². The number of para-hydroxylation sites is 1. The van der Waals surface area contributed by atoms with Gasteiger partial charge in [-0.05, 0) is 43.5 Å². The van der Waals surface area contributed by atoms with E-state index in [1.165, 1.54) is 24.6 Å². The standard InChI is InChI=1S/C22H24N4O4/c1-15(24-25-22(28)19-12-5-6-13-20(19)26(29)30)17-10-7-11-18(14-17)23-21(27)16-8-3-2-4-9-16/h5-7,10-14,16H,2-4,8-9H2,1H3,(H,23,27)(H,25,28)/b24-15-. The minimum atomic E-state index is -0.664. The van der Waals surface area contributed by atoms with Crippen molar-refractivity contribution in [1.29, 1.82) is 0 Å². The minimum absolute atomic E-state index is 0.0335. The highest BCUT2D eigenvalue weighted by Crippen LogP contribution is 2.25. The number of nitro benzene ring substituents is 1. The number of rotatable bonds is 6. The molecule has 2 aromatic carbocycles. The van der Waals surface area contributed by atoms with Crippen molar-refractivity contribution in [1.82, 2.24) is 5.43 Å². The molecule has 0 spiro atoms. The first-order valence-corrected chi connectivity index (χ1v) is 9.95. The number of hydrogen-bond acceptors (Lipinski definition) is 5. The Morgan fingerprint density at radius 2 is 1.80 bits per heavy atom. The van der Waals surface area contributed by atoms with Crippen LogP contribution in [0, 0.1) is 16.0 Å². The lowest BCUT2D eigenvalue weighted by Crippen LogP contribution is -2.24. The summed E-state index contributed by atoms with van der Waals surface area (Å²) < 4.78 is 0. The first-order valence-electron chi connectivity index (χ1n) is 9.95. The van der Waals surface area contributed by atoms with Gasteiger partial charge < -0.3 is 5.32 Å². The number of nitro groups is 1. The molecule has 0 saturated heterocycles. The average molecular weight is 408 g/mol. The number of hydrazone groups is 1. The SMILES string of the molecule is C/C(=N/NC(=O)c1ccccc1[N+](=O)[O-])c1cccc(NC(=O)C2CCCCC2)c1. The maximum absolute atomic E-state index is 12.5. The Balaban J connectivity index is 1.68. The van der Waals surface area contributed by atoms with Crippen LogP contribution in [0.1, 0.15) is 54.9 Å². The largest absolute Gasteiger partial charge is 0.326 e. The van der Waals surface area contributed by atoms with Gasteiger partial charge >= 0.3 is 0 Å². The summed E-state index contributed by atoms with van der Waals surface area (Å²) in [6.45, 7) is 1.71. The van der Waals surface area contributed by atoms with Gasteiger partial charge in [0.2, 0.25) is 5.91 Å². The highest BCUT2D eigenvalue weighted by Gasteiger charge is 2.21. The van der Waals surface area contributed by atoms with Crippen LogP contribution in [0.25, 0.3) is 0 Å². The highest BCUT2D eigenvalue weighted by molar-refractivity contribution is 6.03. The maximum Gasteiger partial charge on any atom is 0.282 e. The fraction of sp³-hybridized carbons (Fsp3) is 0.318. The summed E-state index contributed by atoms with van der Waals surface area (Å²) in [4.78, 5) is 35.2. The van der Waals surface area contributed by atoms with E-state index in [1.807, 2.05) is 12.1 Å². The predicted molar refractivity (Wildman–Crippen MR) is 114 cm³/mol. The molecule has 1 aliphatic carbocycles. The van der Waals surface area contributed by atoms with Crippen molar-refractivity contribution in [2.75, 3.05) is 5.32 Å². The van der Waals surface area contributed by atoms with E-state index in [2.05, 4.69) is 15.8 Å². The molecule has 3 rings (SSSR count). The van der Waals surface area contributed by atoms with Crippen molar-refractivity contribution in [2.24, 2.45) is 11.0 Å². The smallest absolute Gasteiger partial charge is 0.282 e. The lowest BCUT2D eigenvalue weighted by atomic mass is 9.88. The second-order valence-electron chi connectivity index (χ2n) is 7.32. The molecule has 0 heterocycles. The van der Waals surface area contributed by atoms with Crippen LogP contribution in [0.15, 0.2) is 53.6 Å². The number of carbonyl (C=O) groups is 2. The first kappa shape index (κ1) is 21.2. The van der Waals surface area contributed by atoms with E-state index >= 15 is 0 Å². The van der Waals surface area contributed by atoms with Gasteiger partial charge in [0.15, 0.2) is 0 Å². The molecule has 0 unspecified atom stereocenters. The van der Waals surface area contributed by atoms with Crippen LogP contribution < -0.4 is 10.7 Å². The van der Waals surface area contributed by atoms with Crippen LogP contribution in [0.2, 0.25) is 0 Å². The lowest BCUT2D eigenvalue weighted by Gasteiger charge is -2.20. The summed E-state index contributed by atoms with van der Waals surface area (Å²) in [5, 5.41) is 18.1. The number of nitrogens with one attached hydrogen (secondary N) is 2. The predicted octanol–water partition coefficient (Wildman–Crippen LogP) is 4.27. The molecule has 2 amide bonds. The Kier molecular flexibility index (Phi) is 6.90. The molecule has 2 aromatic rings. The molecule has 0 aromatic heterocycles. The topological polar surface area (TPSA) is 114 Å². The zero-order chi connectivity index (χ0) is 21.5. The number of hydrogen-bond donors (Lipinski definition) is 2. The van der Waals surface area contributed by atoms with Crippen LogP contribution in [0.3, 0.4) is 0 Å². The second kappa shape index (κ2) is 9.78. The van der Waals surface area contributed by atoms with E-state index in [1.54, 1.807) is 25.1 Å². The van der Waals surface area contributed by atoms with E-state index in [9.17, 15) is 19.7 Å². The number of benzene rings is 2. The van der Waals surface area contributed by atoms with E-state index in [-0.39, 0.29) is 23.1 Å². The van der Waals surface area contributed by atoms with Crippen molar-refractivity contribution in [2.45, 2.75) is 39.0 Å². The van der Waals surface area contributed by atoms with Crippen molar-refractivity contribution >= 4 is 28.9 Å². The first-order chi connectivity index (χ1) is 14.5. The second-order valence-corrected chi connectivity index (χ2v) is 7.32. The maximum atomic E-state index is 12.5. The quantitative estimate of drug-likeness (QED) is 0.422. The van der Waals surface area contributed by atoms with Crippen molar-refractivity contribution in [3.05, 3.63) is 69.8 Å². The molecule has 2 N–H and O–H groups in total. The molecule has 1 saturated carbocycles. The zero-order valence-electron chi connectivity index (χ0n) is 16.8. The fourth-order valence-electron chi connectivity index (χ4n) is 3.52. The Morgan fingerprint density at radius 3 is 2.53 bits per heavy atom. The zero-order valence-corrected chi connectivity index (χ0v) is 16.8. The van der Waals surface area contributed by atoms with E-state index in [0.29, 0.717) is 11.4 Å². The Labute approximate surface area is 174 Å². The van der Waals surface area contributed by atoms with Gasteiger partial charge in [-0.1, -0.05) is 43.5 Å². The van der Waals surface area contributed by atoms with E-state index in [4.69, 9.17) is 0 Å². The highest BCUT2D eigenvalue weighted by atomic mass is 16.6. The molecule has 0 atom stereocenters. The minimum Gasteiger partial charge on any atom is -0.326 e. The van der Waals surface area contributed by atoms with Crippen molar-refractivity contribution < 1.29 is 14.5 Å². The van der Waals surface area contributed by atoms with Crippen LogP contribution >= 0.6 is 0 Å². The molecule has 0 bridgehead atoms. The molecule has 1 aliphatic rings. The molecular formula is C22H24N4O4. The monoisotopic (exact) mass is 408 g/mol. The summed E-state index contributed by atoms with van der Waals surface area (Å²) in [6, 6.07) is 12.9. The Morgan fingerprint density at radius 1 is 1.07 bits per heavy atom. The van der Waals surface area contributed by atoms with Gasteiger partial charge in [-0.15, -0.1) is 0 Å². The molecule has 8 nitrogen and oxygen atoms in total. The number of anilines is 1. The summed E-state index contributed by atoms with van der Waals surface area (Å²) in [5.74, 6) is -0.576. The van der Waals surface area contributed by atoms with Gasteiger partial charge in [-0.25, -0.2) is 5.43 Å². The molecule has 0 aliphatic heterocycles. The third-order valence-corrected chi connectivity index (χ3v) is 5.19. The fourth-order valence-corrected chi connectivity index (χ4v) is 3.52. The Bertz CT molecular complexity index is 981. The van der Waals surface area contributed by atoms with Gasteiger partial charge in [0.05, 0.1) is 10.6 Å². The summed E-state index contributed by atoms with van der Waals surface area (Å²) in [6.07, 6.45) is 5.20. The van der Waals surface area contributed by atoms with E-state index in [0.717, 1.165) is 31.2 Å².